The molecular formula is C25H29ClN2O4. The van der Waals surface area contributed by atoms with Gasteiger partial charge in [-0.05, 0) is 53.9 Å². The fraction of sp³-hybridized carbons (Fsp3) is 0.440. The quantitative estimate of drug-likeness (QED) is 0.678. The van der Waals surface area contributed by atoms with Crippen LogP contribution in [0.4, 0.5) is 4.79 Å². The Balaban J connectivity index is 0.00000245. The van der Waals surface area contributed by atoms with E-state index in [4.69, 9.17) is 4.74 Å². The van der Waals surface area contributed by atoms with Crippen LogP contribution in [0.3, 0.4) is 0 Å². The van der Waals surface area contributed by atoms with Gasteiger partial charge in [0.25, 0.3) is 0 Å². The summed E-state index contributed by atoms with van der Waals surface area (Å²) in [5.41, 5.74) is 3.35. The summed E-state index contributed by atoms with van der Waals surface area (Å²) in [5.74, 6) is -0.251. The van der Waals surface area contributed by atoms with Crippen LogP contribution in [0.5, 0.6) is 0 Å². The van der Waals surface area contributed by atoms with Crippen molar-refractivity contribution in [3.05, 3.63) is 59.7 Å². The van der Waals surface area contributed by atoms with Gasteiger partial charge in [-0.25, -0.2) is 9.59 Å². The summed E-state index contributed by atoms with van der Waals surface area (Å²) in [5, 5.41) is 12.6. The number of rotatable bonds is 6. The van der Waals surface area contributed by atoms with Gasteiger partial charge in [-0.15, -0.1) is 12.4 Å². The minimum atomic E-state index is -1.25. The monoisotopic (exact) mass is 456 g/mol. The number of hydrogen-bond acceptors (Lipinski definition) is 4. The molecule has 3 aliphatic rings. The maximum Gasteiger partial charge on any atom is 0.408 e. The van der Waals surface area contributed by atoms with Gasteiger partial charge in [0.2, 0.25) is 0 Å². The highest BCUT2D eigenvalue weighted by atomic mass is 35.5. The SMILES string of the molecule is Cl.O=C(NC1(C(=O)O)CCN(CC2CC2)CC1)OCC1c2ccccc2-c2ccccc21. The summed E-state index contributed by atoms with van der Waals surface area (Å²) in [6.45, 7) is 2.60. The van der Waals surface area contributed by atoms with Crippen molar-refractivity contribution in [2.45, 2.75) is 37.1 Å². The maximum atomic E-state index is 12.7. The van der Waals surface area contributed by atoms with Crippen molar-refractivity contribution in [3.63, 3.8) is 0 Å². The highest BCUT2D eigenvalue weighted by molar-refractivity contribution is 5.85. The van der Waals surface area contributed by atoms with E-state index in [1.807, 2.05) is 24.3 Å². The van der Waals surface area contributed by atoms with Gasteiger partial charge < -0.3 is 20.1 Å². The molecule has 7 heteroatoms. The number of carbonyl (C=O) groups excluding carboxylic acids is 1. The van der Waals surface area contributed by atoms with E-state index in [1.165, 1.54) is 12.8 Å². The van der Waals surface area contributed by atoms with Crippen LogP contribution in [0.2, 0.25) is 0 Å². The maximum absolute atomic E-state index is 12.7. The highest BCUT2D eigenvalue weighted by Gasteiger charge is 2.44. The molecule has 6 nitrogen and oxygen atoms in total. The van der Waals surface area contributed by atoms with Gasteiger partial charge in [0.05, 0.1) is 0 Å². The van der Waals surface area contributed by atoms with Crippen molar-refractivity contribution in [3.8, 4) is 11.1 Å². The van der Waals surface area contributed by atoms with Crippen LogP contribution in [0.25, 0.3) is 11.1 Å². The number of alkyl carbamates (subject to hydrolysis) is 1. The van der Waals surface area contributed by atoms with E-state index in [2.05, 4.69) is 34.5 Å². The Labute approximate surface area is 194 Å². The molecule has 0 atom stereocenters. The normalized spacial score (nSPS) is 19.4. The Morgan fingerprint density at radius 3 is 2.09 bits per heavy atom. The number of nitrogens with zero attached hydrogens (tertiary/aromatic N) is 1. The number of ether oxygens (including phenoxy) is 1. The molecule has 5 rings (SSSR count). The number of piperidine rings is 1. The van der Waals surface area contributed by atoms with Crippen LogP contribution in [0.1, 0.15) is 42.7 Å². The van der Waals surface area contributed by atoms with Crippen LogP contribution in [0.15, 0.2) is 48.5 Å². The van der Waals surface area contributed by atoms with Gasteiger partial charge >= 0.3 is 12.1 Å². The van der Waals surface area contributed by atoms with Gasteiger partial charge in [0.15, 0.2) is 0 Å². The molecule has 1 aliphatic heterocycles. The highest BCUT2D eigenvalue weighted by Crippen LogP contribution is 2.44. The molecule has 32 heavy (non-hydrogen) atoms. The van der Waals surface area contributed by atoms with Crippen LogP contribution in [-0.4, -0.2) is 53.8 Å². The van der Waals surface area contributed by atoms with Crippen molar-refractivity contribution in [2.24, 2.45) is 5.92 Å². The van der Waals surface area contributed by atoms with Crippen LogP contribution < -0.4 is 5.32 Å². The van der Waals surface area contributed by atoms with Gasteiger partial charge in [-0.3, -0.25) is 0 Å². The second kappa shape index (κ2) is 9.12. The average molecular weight is 457 g/mol. The fourth-order valence-corrected chi connectivity index (χ4v) is 5.01. The summed E-state index contributed by atoms with van der Waals surface area (Å²) < 4.78 is 5.59. The summed E-state index contributed by atoms with van der Waals surface area (Å²) in [6.07, 6.45) is 2.70. The summed E-state index contributed by atoms with van der Waals surface area (Å²) in [7, 11) is 0. The predicted molar refractivity (Wildman–Crippen MR) is 124 cm³/mol. The number of fused-ring (bicyclic) bond motifs is 3. The molecule has 1 heterocycles. The Bertz CT molecular complexity index is 953. The molecule has 0 bridgehead atoms. The third-order valence-electron chi connectivity index (χ3n) is 7.02. The van der Waals surface area contributed by atoms with Crippen molar-refractivity contribution < 1.29 is 19.4 Å². The van der Waals surface area contributed by atoms with Crippen LogP contribution >= 0.6 is 12.4 Å². The number of benzene rings is 2. The minimum absolute atomic E-state index is 0. The number of likely N-dealkylation sites (tertiary alicyclic amines) is 1. The van der Waals surface area contributed by atoms with Crippen LogP contribution in [-0.2, 0) is 9.53 Å². The third kappa shape index (κ3) is 4.34. The van der Waals surface area contributed by atoms with E-state index in [9.17, 15) is 14.7 Å². The number of amides is 1. The molecule has 0 unspecified atom stereocenters. The van der Waals surface area contributed by atoms with Gasteiger partial charge in [-0.1, -0.05) is 48.5 Å². The van der Waals surface area contributed by atoms with Crippen molar-refractivity contribution >= 4 is 24.5 Å². The molecule has 0 radical (unpaired) electrons. The molecule has 0 aromatic heterocycles. The van der Waals surface area contributed by atoms with Gasteiger partial charge in [0.1, 0.15) is 12.1 Å². The van der Waals surface area contributed by atoms with E-state index >= 15 is 0 Å². The second-order valence-corrected chi connectivity index (χ2v) is 9.08. The van der Waals surface area contributed by atoms with E-state index in [-0.39, 0.29) is 24.9 Å². The van der Waals surface area contributed by atoms with Crippen molar-refractivity contribution in [2.75, 3.05) is 26.2 Å². The third-order valence-corrected chi connectivity index (χ3v) is 7.02. The van der Waals surface area contributed by atoms with E-state index in [0.717, 1.165) is 34.7 Å². The molecule has 0 spiro atoms. The number of halogens is 1. The molecule has 2 aromatic carbocycles. The van der Waals surface area contributed by atoms with Gasteiger partial charge in [0, 0.05) is 25.6 Å². The predicted octanol–water partition coefficient (Wildman–Crippen LogP) is 4.28. The molecule has 2 aliphatic carbocycles. The molecule has 1 saturated carbocycles. The molecule has 2 aromatic rings. The first-order valence-electron chi connectivity index (χ1n) is 11.1. The number of carboxylic acid groups (broad SMARTS) is 1. The smallest absolute Gasteiger partial charge is 0.408 e. The molecule has 170 valence electrons. The topological polar surface area (TPSA) is 78.9 Å². The first-order valence-corrected chi connectivity index (χ1v) is 11.1. The summed E-state index contributed by atoms with van der Waals surface area (Å²) in [4.78, 5) is 27.0. The van der Waals surface area contributed by atoms with Crippen molar-refractivity contribution in [1.29, 1.82) is 0 Å². The summed E-state index contributed by atoms with van der Waals surface area (Å²) >= 11 is 0. The number of nitrogens with one attached hydrogen (secondary N) is 1. The second-order valence-electron chi connectivity index (χ2n) is 9.08. The average Bonchev–Trinajstić information content (AvgIpc) is 3.54. The zero-order chi connectivity index (χ0) is 21.4. The number of carboxylic acids is 1. The van der Waals surface area contributed by atoms with E-state index in [1.54, 1.807) is 0 Å². The Kier molecular flexibility index (Phi) is 6.45. The largest absolute Gasteiger partial charge is 0.480 e. The number of hydrogen-bond donors (Lipinski definition) is 2. The Morgan fingerprint density at radius 1 is 1.00 bits per heavy atom. The minimum Gasteiger partial charge on any atom is -0.480 e. The lowest BCUT2D eigenvalue weighted by Gasteiger charge is -2.39. The molecular weight excluding hydrogens is 428 g/mol. The lowest BCUT2D eigenvalue weighted by molar-refractivity contribution is -0.146. The first kappa shape index (κ1) is 22.6. The lowest BCUT2D eigenvalue weighted by Crippen LogP contribution is -2.60. The number of aliphatic carboxylic acids is 1. The number of carbonyl (C=O) groups is 2. The van der Waals surface area contributed by atoms with E-state index in [0.29, 0.717) is 25.9 Å². The molecule has 1 amide bonds. The zero-order valence-electron chi connectivity index (χ0n) is 18.0. The first-order chi connectivity index (χ1) is 15.1. The summed E-state index contributed by atoms with van der Waals surface area (Å²) in [6, 6.07) is 16.3. The molecule has 2 fully saturated rings. The Hall–Kier alpha value is -2.57. The van der Waals surface area contributed by atoms with E-state index < -0.39 is 17.6 Å². The van der Waals surface area contributed by atoms with Crippen LogP contribution in [0, 0.1) is 5.92 Å². The zero-order valence-corrected chi connectivity index (χ0v) is 18.8. The fourth-order valence-electron chi connectivity index (χ4n) is 5.01. The van der Waals surface area contributed by atoms with Crippen molar-refractivity contribution in [1.82, 2.24) is 10.2 Å². The standard InChI is InChI=1S/C25H28N2O4.ClH/c28-23(29)25(11-13-27(14-12-25)15-17-9-10-17)26-24(30)31-16-22-20-7-3-1-5-18(20)19-6-2-4-8-21(19)22;/h1-8,17,22H,9-16H2,(H,26,30)(H,28,29);1H. The molecule has 2 N–H and O–H groups in total. The van der Waals surface area contributed by atoms with Gasteiger partial charge in [-0.2, -0.15) is 0 Å². The Morgan fingerprint density at radius 2 is 1.56 bits per heavy atom. The molecule has 1 saturated heterocycles. The lowest BCUT2D eigenvalue weighted by atomic mass is 9.87.